The molecule has 2 aromatic heterocycles. The molecule has 0 bridgehead atoms. The van der Waals surface area contributed by atoms with Crippen molar-refractivity contribution < 1.29 is 28.1 Å². The molecule has 10 nitrogen and oxygen atoms in total. The molecule has 0 unspecified atom stereocenters. The van der Waals surface area contributed by atoms with Crippen LogP contribution in [0.4, 0.5) is 10.2 Å². The van der Waals surface area contributed by atoms with Crippen molar-refractivity contribution in [2.45, 2.75) is 24.1 Å². The maximum Gasteiger partial charge on any atom is 0.256 e. The van der Waals surface area contributed by atoms with Crippen molar-refractivity contribution in [3.8, 4) is 11.5 Å². The third-order valence-corrected chi connectivity index (χ3v) is 8.56. The smallest absolute Gasteiger partial charge is 0.256 e. The average Bonchev–Trinajstić information content (AvgIpc) is 3.76. The number of amides is 1. The molecular weight excluding hydrogens is 625 g/mol. The number of methoxy groups -OCH3 is 2. The Bertz CT molecular complexity index is 1980. The summed E-state index contributed by atoms with van der Waals surface area (Å²) in [5.41, 5.74) is 2.55. The molecule has 4 aromatic carbocycles. The minimum Gasteiger partial charge on any atom is -0.497 e. The molecule has 3 heterocycles. The predicted octanol–water partition coefficient (Wildman–Crippen LogP) is 6.54. The van der Waals surface area contributed by atoms with E-state index in [9.17, 15) is 4.79 Å². The van der Waals surface area contributed by atoms with Gasteiger partial charge < -0.3 is 24.3 Å². The van der Waals surface area contributed by atoms with Gasteiger partial charge in [-0.05, 0) is 53.1 Å². The highest BCUT2D eigenvalue weighted by atomic mass is 19.1. The SMILES string of the molecule is COc1ccc(C(OC[C@H]2O[C@@H](n3cnc4c(NC(=O)c5ccccc5)ncnc43)[CH][C@@H]2F)(c2ccccc2)c2ccc(OC)cc2)cc1. The number of hydrogen-bond donors (Lipinski definition) is 1. The molecule has 1 saturated heterocycles. The number of alkyl halides is 1. The Hall–Kier alpha value is -5.65. The quantitative estimate of drug-likeness (QED) is 0.156. The molecule has 3 atom stereocenters. The normalized spacial score (nSPS) is 17.6. The zero-order chi connectivity index (χ0) is 33.8. The van der Waals surface area contributed by atoms with Crippen LogP contribution in [0.2, 0.25) is 0 Å². The number of carbonyl (C=O) groups is 1. The van der Waals surface area contributed by atoms with Crippen LogP contribution in [0, 0.1) is 6.42 Å². The van der Waals surface area contributed by atoms with Crippen molar-refractivity contribution in [3.63, 3.8) is 0 Å². The van der Waals surface area contributed by atoms with Crippen molar-refractivity contribution >= 4 is 22.9 Å². The fraction of sp³-hybridized carbons (Fsp3) is 0.184. The van der Waals surface area contributed by atoms with Crippen LogP contribution in [0.15, 0.2) is 122 Å². The molecule has 247 valence electrons. The first-order chi connectivity index (χ1) is 24.0. The lowest BCUT2D eigenvalue weighted by Gasteiger charge is -2.37. The molecule has 1 radical (unpaired) electrons. The minimum atomic E-state index is -1.47. The van der Waals surface area contributed by atoms with Gasteiger partial charge in [-0.15, -0.1) is 0 Å². The molecule has 49 heavy (non-hydrogen) atoms. The van der Waals surface area contributed by atoms with E-state index < -0.39 is 24.1 Å². The Balaban J connectivity index is 1.18. The van der Waals surface area contributed by atoms with E-state index in [2.05, 4.69) is 20.3 Å². The highest BCUT2D eigenvalue weighted by Gasteiger charge is 2.43. The Morgan fingerprint density at radius 1 is 0.816 bits per heavy atom. The van der Waals surface area contributed by atoms with Crippen molar-refractivity contribution in [3.05, 3.63) is 151 Å². The molecule has 6 aromatic rings. The van der Waals surface area contributed by atoms with Crippen molar-refractivity contribution in [2.24, 2.45) is 0 Å². The van der Waals surface area contributed by atoms with Crippen LogP contribution in [0.1, 0.15) is 33.3 Å². The van der Waals surface area contributed by atoms with Crippen LogP contribution >= 0.6 is 0 Å². The molecule has 0 saturated carbocycles. The number of nitrogens with zero attached hydrogens (tertiary/aromatic N) is 4. The van der Waals surface area contributed by atoms with Gasteiger partial charge in [0.05, 0.1) is 27.2 Å². The molecule has 1 fully saturated rings. The van der Waals surface area contributed by atoms with Gasteiger partial charge in [0.15, 0.2) is 17.0 Å². The van der Waals surface area contributed by atoms with Crippen LogP contribution in [0.25, 0.3) is 11.2 Å². The second-order valence-corrected chi connectivity index (χ2v) is 11.4. The second kappa shape index (κ2) is 13.8. The number of nitrogens with one attached hydrogen (secondary N) is 1. The maximum absolute atomic E-state index is 15.8. The summed E-state index contributed by atoms with van der Waals surface area (Å²) >= 11 is 0. The van der Waals surface area contributed by atoms with Gasteiger partial charge in [-0.3, -0.25) is 9.36 Å². The van der Waals surface area contributed by atoms with Crippen LogP contribution < -0.4 is 14.8 Å². The molecular formula is C38H33FN5O5. The number of aromatic nitrogens is 4. The molecule has 1 N–H and O–H groups in total. The van der Waals surface area contributed by atoms with Gasteiger partial charge in [-0.2, -0.15) is 0 Å². The summed E-state index contributed by atoms with van der Waals surface area (Å²) < 4.78 is 41.5. The molecule has 1 amide bonds. The van der Waals surface area contributed by atoms with Crippen molar-refractivity contribution in [1.29, 1.82) is 0 Å². The molecule has 1 aliphatic rings. The number of hydrogen-bond acceptors (Lipinski definition) is 8. The Morgan fingerprint density at radius 3 is 2.02 bits per heavy atom. The van der Waals surface area contributed by atoms with E-state index in [1.807, 2.05) is 84.9 Å². The fourth-order valence-electron chi connectivity index (χ4n) is 6.05. The first kappa shape index (κ1) is 31.9. The van der Waals surface area contributed by atoms with E-state index in [1.165, 1.54) is 19.1 Å². The van der Waals surface area contributed by atoms with E-state index in [-0.39, 0.29) is 18.3 Å². The summed E-state index contributed by atoms with van der Waals surface area (Å²) in [6.45, 7) is -0.0961. The molecule has 0 aliphatic carbocycles. The first-order valence-corrected chi connectivity index (χ1v) is 15.7. The van der Waals surface area contributed by atoms with Gasteiger partial charge in [-0.1, -0.05) is 72.8 Å². The summed E-state index contributed by atoms with van der Waals surface area (Å²) in [5, 5.41) is 2.79. The largest absolute Gasteiger partial charge is 0.497 e. The Morgan fingerprint density at radius 2 is 1.41 bits per heavy atom. The number of carbonyl (C=O) groups excluding carboxylic acids is 1. The molecule has 11 heteroatoms. The number of anilines is 1. The van der Waals surface area contributed by atoms with E-state index in [4.69, 9.17) is 18.9 Å². The Labute approximate surface area is 282 Å². The van der Waals surface area contributed by atoms with Crippen LogP contribution in [0.5, 0.6) is 11.5 Å². The summed E-state index contributed by atoms with van der Waals surface area (Å²) in [5.74, 6) is 1.29. The minimum absolute atomic E-state index is 0.0961. The number of imidazole rings is 1. The maximum atomic E-state index is 15.8. The summed E-state index contributed by atoms with van der Waals surface area (Å²) in [4.78, 5) is 25.9. The number of ether oxygens (including phenoxy) is 4. The van der Waals surface area contributed by atoms with Gasteiger partial charge in [0, 0.05) is 12.0 Å². The monoisotopic (exact) mass is 658 g/mol. The number of benzene rings is 4. The molecule has 1 aliphatic heterocycles. The van der Waals surface area contributed by atoms with Gasteiger partial charge in [0.25, 0.3) is 5.91 Å². The number of halogens is 1. The second-order valence-electron chi connectivity index (χ2n) is 11.4. The van der Waals surface area contributed by atoms with E-state index in [0.29, 0.717) is 28.2 Å². The molecule has 7 rings (SSSR count). The summed E-state index contributed by atoms with van der Waals surface area (Å²) in [6.07, 6.45) is 1.00. The topological polar surface area (TPSA) is 110 Å². The van der Waals surface area contributed by atoms with E-state index >= 15 is 4.39 Å². The van der Waals surface area contributed by atoms with Gasteiger partial charge in [0.2, 0.25) is 0 Å². The Kier molecular flexibility index (Phi) is 9.01. The standard InChI is InChI=1S/C38H33FN5O5/c1-46-29-17-13-27(14-18-29)38(26-11-7-4-8-12-26,28-15-19-30(47-2)20-16-28)48-22-32-31(39)21-33(49-32)44-24-42-34-35(40-23-41-36(34)44)43-37(45)25-9-5-3-6-10-25/h3-21,23-24,31-33H,22H2,1-2H3,(H,40,41,43,45)/t31-,32+,33+/m0/s1. The van der Waals surface area contributed by atoms with Gasteiger partial charge in [-0.25, -0.2) is 19.3 Å². The third-order valence-electron chi connectivity index (χ3n) is 8.56. The highest BCUT2D eigenvalue weighted by molar-refractivity contribution is 6.06. The lowest BCUT2D eigenvalue weighted by molar-refractivity contribution is -0.0845. The van der Waals surface area contributed by atoms with Gasteiger partial charge >= 0.3 is 0 Å². The number of fused-ring (bicyclic) bond motifs is 1. The third kappa shape index (κ3) is 6.21. The zero-order valence-corrected chi connectivity index (χ0v) is 26.8. The molecule has 0 spiro atoms. The van der Waals surface area contributed by atoms with Crippen LogP contribution in [-0.2, 0) is 15.1 Å². The summed E-state index contributed by atoms with van der Waals surface area (Å²) in [6, 6.07) is 33.8. The van der Waals surface area contributed by atoms with Crippen LogP contribution in [-0.4, -0.2) is 58.5 Å². The van der Waals surface area contributed by atoms with E-state index in [1.54, 1.807) is 43.1 Å². The number of rotatable bonds is 11. The summed E-state index contributed by atoms with van der Waals surface area (Å²) in [7, 11) is 3.23. The van der Waals surface area contributed by atoms with E-state index in [0.717, 1.165) is 16.7 Å². The fourth-order valence-corrected chi connectivity index (χ4v) is 6.05. The first-order valence-electron chi connectivity index (χ1n) is 15.7. The lowest BCUT2D eigenvalue weighted by Crippen LogP contribution is -2.37. The average molecular weight is 659 g/mol. The van der Waals surface area contributed by atoms with Crippen molar-refractivity contribution in [2.75, 3.05) is 26.1 Å². The highest BCUT2D eigenvalue weighted by Crippen LogP contribution is 2.43. The van der Waals surface area contributed by atoms with Crippen LogP contribution in [0.3, 0.4) is 0 Å². The zero-order valence-electron chi connectivity index (χ0n) is 26.8. The van der Waals surface area contributed by atoms with Crippen molar-refractivity contribution in [1.82, 2.24) is 19.5 Å². The lowest BCUT2D eigenvalue weighted by atomic mass is 9.80. The van der Waals surface area contributed by atoms with Gasteiger partial charge in [0.1, 0.15) is 41.9 Å². The predicted molar refractivity (Wildman–Crippen MR) is 181 cm³/mol.